The maximum Gasteiger partial charge on any atom is 0.235 e. The van der Waals surface area contributed by atoms with Crippen LogP contribution in [-0.4, -0.2) is 28.6 Å². The first kappa shape index (κ1) is 14.6. The van der Waals surface area contributed by atoms with Crippen LogP contribution in [0.1, 0.15) is 44.3 Å². The van der Waals surface area contributed by atoms with E-state index in [0.29, 0.717) is 12.8 Å². The van der Waals surface area contributed by atoms with Crippen molar-refractivity contribution in [1.82, 2.24) is 15.1 Å². The van der Waals surface area contributed by atoms with E-state index in [9.17, 15) is 9.59 Å². The molecule has 2 aromatic rings. The average molecular weight is 300 g/mol. The predicted octanol–water partition coefficient (Wildman–Crippen LogP) is 2.18. The van der Waals surface area contributed by atoms with E-state index in [2.05, 4.69) is 24.5 Å². The van der Waals surface area contributed by atoms with E-state index in [0.717, 1.165) is 22.3 Å². The zero-order chi connectivity index (χ0) is 15.9. The topological polar surface area (TPSA) is 76.0 Å². The van der Waals surface area contributed by atoms with Crippen LogP contribution in [0.2, 0.25) is 0 Å². The maximum atomic E-state index is 12.2. The molecule has 1 aromatic heterocycles. The molecule has 6 heteroatoms. The Morgan fingerprint density at radius 2 is 2.14 bits per heavy atom. The van der Waals surface area contributed by atoms with Gasteiger partial charge in [-0.2, -0.15) is 5.10 Å². The summed E-state index contributed by atoms with van der Waals surface area (Å²) in [6.07, 6.45) is 0.872. The molecule has 0 radical (unpaired) electrons. The highest BCUT2D eigenvalue weighted by Crippen LogP contribution is 2.34. The number of para-hydroxylation sites is 1. The van der Waals surface area contributed by atoms with Gasteiger partial charge in [-0.1, -0.05) is 12.1 Å². The Morgan fingerprint density at radius 1 is 1.36 bits per heavy atom. The lowest BCUT2D eigenvalue weighted by Crippen LogP contribution is -2.39. The van der Waals surface area contributed by atoms with Crippen LogP contribution in [0.4, 0.5) is 5.69 Å². The zero-order valence-electron chi connectivity index (χ0n) is 13.0. The Morgan fingerprint density at radius 3 is 2.77 bits per heavy atom. The summed E-state index contributed by atoms with van der Waals surface area (Å²) in [6, 6.07) is 6.12. The van der Waals surface area contributed by atoms with E-state index >= 15 is 0 Å². The number of carbonyl (C=O) groups is 2. The Bertz CT molecular complexity index is 748. The quantitative estimate of drug-likeness (QED) is 0.852. The molecule has 1 atom stereocenters. The first-order valence-electron chi connectivity index (χ1n) is 7.55. The fraction of sp³-hybridized carbons (Fsp3) is 0.438. The summed E-state index contributed by atoms with van der Waals surface area (Å²) in [5.74, 6) is -0.821. The van der Waals surface area contributed by atoms with Gasteiger partial charge in [-0.15, -0.1) is 0 Å². The molecule has 1 aromatic carbocycles. The number of rotatable bonds is 3. The molecule has 0 aliphatic carbocycles. The van der Waals surface area contributed by atoms with Gasteiger partial charge in [-0.25, -0.2) is 0 Å². The van der Waals surface area contributed by atoms with Gasteiger partial charge in [0.1, 0.15) is 0 Å². The number of hydrogen-bond donors (Lipinski definition) is 2. The molecule has 116 valence electrons. The smallest absolute Gasteiger partial charge is 0.235 e. The van der Waals surface area contributed by atoms with E-state index in [1.807, 2.05) is 29.9 Å². The van der Waals surface area contributed by atoms with E-state index in [4.69, 9.17) is 5.10 Å². The van der Waals surface area contributed by atoms with Crippen molar-refractivity contribution in [1.29, 1.82) is 0 Å². The van der Waals surface area contributed by atoms with Gasteiger partial charge in [0.05, 0.1) is 22.8 Å². The molecule has 0 spiro atoms. The second-order valence-electron chi connectivity index (χ2n) is 5.88. The Labute approximate surface area is 128 Å². The van der Waals surface area contributed by atoms with Crippen LogP contribution in [0, 0.1) is 0 Å². The van der Waals surface area contributed by atoms with Gasteiger partial charge < -0.3 is 5.32 Å². The number of carbonyl (C=O) groups excluding carboxylic acids is 2. The van der Waals surface area contributed by atoms with Gasteiger partial charge in [0, 0.05) is 24.9 Å². The van der Waals surface area contributed by atoms with Gasteiger partial charge in [-0.05, 0) is 26.3 Å². The molecule has 6 nitrogen and oxygen atoms in total. The van der Waals surface area contributed by atoms with Crippen molar-refractivity contribution in [2.75, 3.05) is 12.4 Å². The summed E-state index contributed by atoms with van der Waals surface area (Å²) in [6.45, 7) is 4.13. The second kappa shape index (κ2) is 5.44. The third kappa shape index (κ3) is 2.24. The number of aromatic nitrogens is 2. The fourth-order valence-electron chi connectivity index (χ4n) is 3.00. The SMILES string of the molecule is CNc1cccc2c(C3CCC(=O)NC3=O)nn(C(C)C)c12. The second-order valence-corrected chi connectivity index (χ2v) is 5.88. The number of benzene rings is 1. The molecule has 2 amide bonds. The molecule has 1 unspecified atom stereocenters. The monoisotopic (exact) mass is 300 g/mol. The molecule has 2 heterocycles. The van der Waals surface area contributed by atoms with E-state index in [-0.39, 0.29) is 23.8 Å². The number of anilines is 1. The summed E-state index contributed by atoms with van der Waals surface area (Å²) in [5, 5.41) is 11.3. The van der Waals surface area contributed by atoms with Crippen LogP contribution in [0.3, 0.4) is 0 Å². The normalized spacial score (nSPS) is 18.8. The lowest BCUT2D eigenvalue weighted by molar-refractivity contribution is -0.134. The minimum Gasteiger partial charge on any atom is -0.386 e. The third-order valence-electron chi connectivity index (χ3n) is 4.08. The number of piperidine rings is 1. The van der Waals surface area contributed by atoms with Gasteiger partial charge in [0.25, 0.3) is 0 Å². The predicted molar refractivity (Wildman–Crippen MR) is 84.8 cm³/mol. The molecule has 1 aliphatic heterocycles. The lowest BCUT2D eigenvalue weighted by Gasteiger charge is -2.19. The summed E-state index contributed by atoms with van der Waals surface area (Å²) in [5.41, 5.74) is 2.74. The zero-order valence-corrected chi connectivity index (χ0v) is 13.0. The number of fused-ring (bicyclic) bond motifs is 1. The van der Waals surface area contributed by atoms with Crippen LogP contribution < -0.4 is 10.6 Å². The highest BCUT2D eigenvalue weighted by Gasteiger charge is 2.32. The van der Waals surface area contributed by atoms with Crippen LogP contribution in [-0.2, 0) is 9.59 Å². The van der Waals surface area contributed by atoms with Crippen molar-refractivity contribution in [2.45, 2.75) is 38.6 Å². The van der Waals surface area contributed by atoms with Crippen molar-refractivity contribution in [3.05, 3.63) is 23.9 Å². The van der Waals surface area contributed by atoms with Crippen molar-refractivity contribution < 1.29 is 9.59 Å². The molecular weight excluding hydrogens is 280 g/mol. The van der Waals surface area contributed by atoms with E-state index < -0.39 is 0 Å². The summed E-state index contributed by atoms with van der Waals surface area (Å²) in [7, 11) is 1.87. The number of nitrogens with zero attached hydrogens (tertiary/aromatic N) is 2. The number of imide groups is 1. The molecule has 1 fully saturated rings. The molecule has 22 heavy (non-hydrogen) atoms. The first-order chi connectivity index (χ1) is 10.5. The Hall–Kier alpha value is -2.37. The van der Waals surface area contributed by atoms with E-state index in [1.54, 1.807) is 0 Å². The highest BCUT2D eigenvalue weighted by atomic mass is 16.2. The molecular formula is C16H20N4O2. The molecule has 2 N–H and O–H groups in total. The van der Waals surface area contributed by atoms with E-state index in [1.165, 1.54) is 0 Å². The highest BCUT2D eigenvalue weighted by molar-refractivity contribution is 6.03. The number of hydrogen-bond acceptors (Lipinski definition) is 4. The Kier molecular flexibility index (Phi) is 3.60. The van der Waals surface area contributed by atoms with Crippen LogP contribution in [0.15, 0.2) is 18.2 Å². The van der Waals surface area contributed by atoms with Crippen LogP contribution in [0.5, 0.6) is 0 Å². The molecule has 1 saturated heterocycles. The first-order valence-corrected chi connectivity index (χ1v) is 7.55. The fourth-order valence-corrected chi connectivity index (χ4v) is 3.00. The molecule has 0 bridgehead atoms. The van der Waals surface area contributed by atoms with Crippen molar-refractivity contribution in [2.24, 2.45) is 0 Å². The maximum absolute atomic E-state index is 12.2. The standard InChI is InChI=1S/C16H20N4O2/c1-9(2)20-15-10(5-4-6-12(15)17-3)14(19-20)11-7-8-13(21)18-16(11)22/h4-6,9,11,17H,7-8H2,1-3H3,(H,18,21,22). The molecule has 1 aliphatic rings. The minimum absolute atomic E-state index is 0.180. The van der Waals surface area contributed by atoms with Crippen molar-refractivity contribution in [3.8, 4) is 0 Å². The molecule has 0 saturated carbocycles. The van der Waals surface area contributed by atoms with Crippen molar-refractivity contribution >= 4 is 28.4 Å². The lowest BCUT2D eigenvalue weighted by atomic mass is 9.92. The summed E-state index contributed by atoms with van der Waals surface area (Å²) in [4.78, 5) is 23.5. The number of amides is 2. The Balaban J connectivity index is 2.18. The summed E-state index contributed by atoms with van der Waals surface area (Å²) >= 11 is 0. The number of nitrogens with one attached hydrogen (secondary N) is 2. The molecule has 3 rings (SSSR count). The third-order valence-corrected chi connectivity index (χ3v) is 4.08. The minimum atomic E-state index is -0.368. The van der Waals surface area contributed by atoms with Gasteiger partial charge in [0.2, 0.25) is 11.8 Å². The average Bonchev–Trinajstić information content (AvgIpc) is 2.87. The van der Waals surface area contributed by atoms with Crippen LogP contribution in [0.25, 0.3) is 10.9 Å². The van der Waals surface area contributed by atoms with Gasteiger partial charge >= 0.3 is 0 Å². The van der Waals surface area contributed by atoms with Gasteiger partial charge in [0.15, 0.2) is 0 Å². The van der Waals surface area contributed by atoms with Gasteiger partial charge in [-0.3, -0.25) is 19.6 Å². The summed E-state index contributed by atoms with van der Waals surface area (Å²) < 4.78 is 1.94. The van der Waals surface area contributed by atoms with Crippen molar-refractivity contribution in [3.63, 3.8) is 0 Å². The largest absolute Gasteiger partial charge is 0.386 e. The van der Waals surface area contributed by atoms with Crippen LogP contribution >= 0.6 is 0 Å².